The standard InChI is InChI=1S/C13H12N4/c1-2-4-13-10(3-1)7-12(9-15-13)14-8-11-5-6-16-17-11/h1-7,9,14H,8H2,(H,16,17). The fraction of sp³-hybridized carbons (Fsp3) is 0.0769. The summed E-state index contributed by atoms with van der Waals surface area (Å²) >= 11 is 0. The molecule has 2 heterocycles. The van der Waals surface area contributed by atoms with Crippen molar-refractivity contribution in [2.45, 2.75) is 6.54 Å². The monoisotopic (exact) mass is 224 g/mol. The Labute approximate surface area is 98.7 Å². The third-order valence-electron chi connectivity index (χ3n) is 2.63. The van der Waals surface area contributed by atoms with E-state index in [0.29, 0.717) is 0 Å². The molecule has 0 saturated heterocycles. The second-order valence-corrected chi connectivity index (χ2v) is 3.85. The molecule has 3 rings (SSSR count). The van der Waals surface area contributed by atoms with E-state index in [0.717, 1.165) is 28.8 Å². The fourth-order valence-electron chi connectivity index (χ4n) is 1.75. The molecule has 17 heavy (non-hydrogen) atoms. The number of hydrogen-bond acceptors (Lipinski definition) is 3. The summed E-state index contributed by atoms with van der Waals surface area (Å²) in [7, 11) is 0. The van der Waals surface area contributed by atoms with Crippen molar-refractivity contribution in [3.05, 3.63) is 54.5 Å². The highest BCUT2D eigenvalue weighted by Gasteiger charge is 1.98. The van der Waals surface area contributed by atoms with E-state index in [-0.39, 0.29) is 0 Å². The van der Waals surface area contributed by atoms with E-state index >= 15 is 0 Å². The maximum absolute atomic E-state index is 4.39. The van der Waals surface area contributed by atoms with Crippen LogP contribution in [-0.4, -0.2) is 15.2 Å². The molecule has 4 nitrogen and oxygen atoms in total. The van der Waals surface area contributed by atoms with Crippen molar-refractivity contribution in [2.75, 3.05) is 5.32 Å². The smallest absolute Gasteiger partial charge is 0.0703 e. The summed E-state index contributed by atoms with van der Waals surface area (Å²) in [5, 5.41) is 11.3. The predicted molar refractivity (Wildman–Crippen MR) is 67.7 cm³/mol. The number of para-hydroxylation sites is 1. The summed E-state index contributed by atoms with van der Waals surface area (Å²) in [5.41, 5.74) is 3.08. The molecule has 0 aliphatic rings. The minimum absolute atomic E-state index is 0.722. The van der Waals surface area contributed by atoms with Gasteiger partial charge in [-0.3, -0.25) is 10.1 Å². The Kier molecular flexibility index (Phi) is 2.46. The number of nitrogens with one attached hydrogen (secondary N) is 2. The molecule has 0 unspecified atom stereocenters. The van der Waals surface area contributed by atoms with E-state index in [1.807, 2.05) is 30.5 Å². The van der Waals surface area contributed by atoms with E-state index in [1.165, 1.54) is 0 Å². The van der Waals surface area contributed by atoms with Crippen molar-refractivity contribution in [3.8, 4) is 0 Å². The van der Waals surface area contributed by atoms with Crippen molar-refractivity contribution in [3.63, 3.8) is 0 Å². The largest absolute Gasteiger partial charge is 0.378 e. The van der Waals surface area contributed by atoms with Gasteiger partial charge in [0, 0.05) is 11.6 Å². The number of aromatic amines is 1. The molecule has 0 bridgehead atoms. The van der Waals surface area contributed by atoms with Crippen LogP contribution in [0.5, 0.6) is 0 Å². The number of aromatic nitrogens is 3. The first-order valence-electron chi connectivity index (χ1n) is 5.49. The molecule has 0 aliphatic heterocycles. The molecule has 0 spiro atoms. The van der Waals surface area contributed by atoms with Gasteiger partial charge < -0.3 is 5.32 Å². The molecule has 1 aromatic carbocycles. The highest BCUT2D eigenvalue weighted by atomic mass is 15.1. The van der Waals surface area contributed by atoms with Gasteiger partial charge in [0.15, 0.2) is 0 Å². The van der Waals surface area contributed by atoms with Crippen LogP contribution in [0.4, 0.5) is 5.69 Å². The van der Waals surface area contributed by atoms with Gasteiger partial charge in [-0.15, -0.1) is 0 Å². The molecule has 0 radical (unpaired) electrons. The normalized spacial score (nSPS) is 10.6. The maximum atomic E-state index is 4.39. The quantitative estimate of drug-likeness (QED) is 0.719. The molecular formula is C13H12N4. The maximum Gasteiger partial charge on any atom is 0.0703 e. The molecular weight excluding hydrogens is 212 g/mol. The Morgan fingerprint density at radius 1 is 1.18 bits per heavy atom. The Bertz CT molecular complexity index is 616. The number of hydrogen-bond donors (Lipinski definition) is 2. The van der Waals surface area contributed by atoms with Crippen molar-refractivity contribution in [1.29, 1.82) is 0 Å². The molecule has 0 saturated carbocycles. The molecule has 0 atom stereocenters. The van der Waals surface area contributed by atoms with Crippen molar-refractivity contribution in [2.24, 2.45) is 0 Å². The number of pyridine rings is 1. The van der Waals surface area contributed by atoms with E-state index in [4.69, 9.17) is 0 Å². The second-order valence-electron chi connectivity index (χ2n) is 3.85. The summed E-state index contributed by atoms with van der Waals surface area (Å²) in [6.07, 6.45) is 3.59. The number of rotatable bonds is 3. The lowest BCUT2D eigenvalue weighted by Crippen LogP contribution is -2.00. The Morgan fingerprint density at radius 2 is 2.12 bits per heavy atom. The van der Waals surface area contributed by atoms with Crippen LogP contribution in [0.2, 0.25) is 0 Å². The predicted octanol–water partition coefficient (Wildman–Crippen LogP) is 2.57. The summed E-state index contributed by atoms with van der Waals surface area (Å²) in [4.78, 5) is 4.39. The lowest BCUT2D eigenvalue weighted by Gasteiger charge is -2.05. The van der Waals surface area contributed by atoms with Crippen LogP contribution in [0.15, 0.2) is 48.8 Å². The first-order valence-corrected chi connectivity index (χ1v) is 5.49. The van der Waals surface area contributed by atoms with Crippen LogP contribution in [0.25, 0.3) is 10.9 Å². The summed E-state index contributed by atoms with van der Waals surface area (Å²) in [6, 6.07) is 12.1. The summed E-state index contributed by atoms with van der Waals surface area (Å²) in [5.74, 6) is 0. The molecule has 3 aromatic rings. The van der Waals surface area contributed by atoms with Crippen LogP contribution in [0, 0.1) is 0 Å². The molecule has 2 aromatic heterocycles. The minimum atomic E-state index is 0.722. The Balaban J connectivity index is 1.81. The molecule has 4 heteroatoms. The number of anilines is 1. The van der Waals surface area contributed by atoms with Crippen LogP contribution in [-0.2, 0) is 6.54 Å². The van der Waals surface area contributed by atoms with Gasteiger partial charge in [-0.25, -0.2) is 0 Å². The van der Waals surface area contributed by atoms with Crippen molar-refractivity contribution in [1.82, 2.24) is 15.2 Å². The lowest BCUT2D eigenvalue weighted by molar-refractivity contribution is 0.981. The number of fused-ring (bicyclic) bond motifs is 1. The van der Waals surface area contributed by atoms with E-state index < -0.39 is 0 Å². The van der Waals surface area contributed by atoms with Gasteiger partial charge in [0.05, 0.1) is 29.6 Å². The second kappa shape index (κ2) is 4.25. The third kappa shape index (κ3) is 2.10. The first-order chi connectivity index (χ1) is 8.42. The van der Waals surface area contributed by atoms with Crippen molar-refractivity contribution >= 4 is 16.6 Å². The molecule has 0 fully saturated rings. The molecule has 0 amide bonds. The van der Waals surface area contributed by atoms with Gasteiger partial charge in [-0.2, -0.15) is 5.10 Å². The van der Waals surface area contributed by atoms with E-state index in [1.54, 1.807) is 6.20 Å². The lowest BCUT2D eigenvalue weighted by atomic mass is 10.2. The van der Waals surface area contributed by atoms with Gasteiger partial charge in [-0.05, 0) is 18.2 Å². The highest BCUT2D eigenvalue weighted by Crippen LogP contribution is 2.16. The zero-order chi connectivity index (χ0) is 11.5. The van der Waals surface area contributed by atoms with Gasteiger partial charge >= 0.3 is 0 Å². The van der Waals surface area contributed by atoms with Gasteiger partial charge in [0.25, 0.3) is 0 Å². The van der Waals surface area contributed by atoms with E-state index in [9.17, 15) is 0 Å². The van der Waals surface area contributed by atoms with Crippen LogP contribution >= 0.6 is 0 Å². The topological polar surface area (TPSA) is 53.6 Å². The van der Waals surface area contributed by atoms with Crippen LogP contribution in [0.3, 0.4) is 0 Å². The Hall–Kier alpha value is -2.36. The van der Waals surface area contributed by atoms with Gasteiger partial charge in [0.1, 0.15) is 0 Å². The molecule has 0 aliphatic carbocycles. The Morgan fingerprint density at radius 3 is 3.00 bits per heavy atom. The summed E-state index contributed by atoms with van der Waals surface area (Å²) in [6.45, 7) is 0.722. The SMILES string of the molecule is c1ccc2ncc(NCc3ccn[nH]3)cc2c1. The minimum Gasteiger partial charge on any atom is -0.378 e. The highest BCUT2D eigenvalue weighted by molar-refractivity contribution is 5.81. The zero-order valence-corrected chi connectivity index (χ0v) is 9.22. The number of H-pyrrole nitrogens is 1. The number of benzene rings is 1. The average molecular weight is 224 g/mol. The van der Waals surface area contributed by atoms with Crippen molar-refractivity contribution < 1.29 is 0 Å². The van der Waals surface area contributed by atoms with Crippen LogP contribution in [0.1, 0.15) is 5.69 Å². The zero-order valence-electron chi connectivity index (χ0n) is 9.22. The van der Waals surface area contributed by atoms with E-state index in [2.05, 4.69) is 32.6 Å². The van der Waals surface area contributed by atoms with Crippen LogP contribution < -0.4 is 5.32 Å². The summed E-state index contributed by atoms with van der Waals surface area (Å²) < 4.78 is 0. The fourth-order valence-corrected chi connectivity index (χ4v) is 1.75. The van der Waals surface area contributed by atoms with Gasteiger partial charge in [0.2, 0.25) is 0 Å². The van der Waals surface area contributed by atoms with Gasteiger partial charge in [-0.1, -0.05) is 18.2 Å². The molecule has 2 N–H and O–H groups in total. The third-order valence-corrected chi connectivity index (χ3v) is 2.63. The first kappa shape index (κ1) is 9.84. The molecule has 84 valence electrons. The average Bonchev–Trinajstić information content (AvgIpc) is 2.89. The number of nitrogens with zero attached hydrogens (tertiary/aromatic N) is 2.